The second kappa shape index (κ2) is 11.9. The van der Waals surface area contributed by atoms with Crippen molar-refractivity contribution in [3.05, 3.63) is 66.5 Å². The van der Waals surface area contributed by atoms with Gasteiger partial charge in [-0.25, -0.2) is 18.4 Å². The molecule has 1 aromatic carbocycles. The Balaban J connectivity index is 1.23. The van der Waals surface area contributed by atoms with E-state index in [4.69, 9.17) is 4.98 Å². The Bertz CT molecular complexity index is 1620. The first-order valence-electron chi connectivity index (χ1n) is 14.2. The fourth-order valence-corrected chi connectivity index (χ4v) is 8.23. The quantitative estimate of drug-likeness (QED) is 0.295. The molecule has 9 nitrogen and oxygen atoms in total. The van der Waals surface area contributed by atoms with E-state index in [0.717, 1.165) is 46.4 Å². The number of hydrogen-bond acceptors (Lipinski definition) is 8. The molecule has 1 saturated heterocycles. The van der Waals surface area contributed by atoms with Gasteiger partial charge in [-0.15, -0.1) is 0 Å². The molecule has 41 heavy (non-hydrogen) atoms. The largest absolute Gasteiger partial charge is 0.312 e. The van der Waals surface area contributed by atoms with E-state index in [2.05, 4.69) is 20.6 Å². The number of benzene rings is 1. The molecule has 1 aliphatic carbocycles. The van der Waals surface area contributed by atoms with Crippen molar-refractivity contribution in [1.29, 1.82) is 0 Å². The van der Waals surface area contributed by atoms with Gasteiger partial charge in [-0.2, -0.15) is 4.31 Å². The highest BCUT2D eigenvalue weighted by atomic mass is 32.2. The van der Waals surface area contributed by atoms with Gasteiger partial charge in [0.2, 0.25) is 15.9 Å². The molecule has 6 rings (SSSR count). The van der Waals surface area contributed by atoms with Gasteiger partial charge in [0.05, 0.1) is 16.5 Å². The number of piperazine rings is 1. The summed E-state index contributed by atoms with van der Waals surface area (Å²) < 4.78 is 28.1. The van der Waals surface area contributed by atoms with E-state index in [1.807, 2.05) is 31.2 Å². The lowest BCUT2D eigenvalue weighted by Crippen LogP contribution is -2.51. The lowest BCUT2D eigenvalue weighted by molar-refractivity contribution is -0.118. The van der Waals surface area contributed by atoms with Gasteiger partial charge in [-0.05, 0) is 61.2 Å². The number of amides is 1. The zero-order chi connectivity index (χ0) is 28.4. The lowest BCUT2D eigenvalue weighted by Gasteiger charge is -2.31. The summed E-state index contributed by atoms with van der Waals surface area (Å²) in [5.74, 6) is -0.0604. The molecule has 0 unspecified atom stereocenters. The summed E-state index contributed by atoms with van der Waals surface area (Å²) in [5.41, 5.74) is 3.34. The number of anilines is 1. The molecule has 2 atom stereocenters. The van der Waals surface area contributed by atoms with Crippen LogP contribution < -0.4 is 10.6 Å². The van der Waals surface area contributed by atoms with Crippen LogP contribution in [0.1, 0.15) is 50.5 Å². The second-order valence-corrected chi connectivity index (χ2v) is 13.9. The van der Waals surface area contributed by atoms with Crippen molar-refractivity contribution in [3.8, 4) is 11.3 Å². The van der Waals surface area contributed by atoms with Crippen LogP contribution in [0, 0.1) is 5.92 Å². The smallest absolute Gasteiger partial charge is 0.243 e. The van der Waals surface area contributed by atoms with Crippen molar-refractivity contribution >= 4 is 42.7 Å². The summed E-state index contributed by atoms with van der Waals surface area (Å²) in [7, 11) is -3.59. The molecule has 214 valence electrons. The summed E-state index contributed by atoms with van der Waals surface area (Å²) in [4.78, 5) is 28.2. The monoisotopic (exact) mass is 590 g/mol. The van der Waals surface area contributed by atoms with E-state index in [9.17, 15) is 13.2 Å². The van der Waals surface area contributed by atoms with Gasteiger partial charge in [-0.1, -0.05) is 49.2 Å². The molecular formula is C30H34N6O3S2. The van der Waals surface area contributed by atoms with Crippen LogP contribution in [0.2, 0.25) is 0 Å². The van der Waals surface area contributed by atoms with Crippen LogP contribution in [0.4, 0.5) is 5.13 Å². The van der Waals surface area contributed by atoms with Gasteiger partial charge in [-0.3, -0.25) is 9.78 Å². The van der Waals surface area contributed by atoms with Gasteiger partial charge >= 0.3 is 0 Å². The number of hydrogen-bond donors (Lipinski definition) is 2. The Morgan fingerprint density at radius 1 is 1.07 bits per heavy atom. The Kier molecular flexibility index (Phi) is 8.12. The van der Waals surface area contributed by atoms with Crippen molar-refractivity contribution in [2.45, 2.75) is 55.9 Å². The average Bonchev–Trinajstić information content (AvgIpc) is 3.65. The number of nitrogens with zero attached hydrogens (tertiary/aromatic N) is 4. The highest BCUT2D eigenvalue weighted by Crippen LogP contribution is 2.36. The third-order valence-corrected chi connectivity index (χ3v) is 10.8. The molecule has 1 amide bonds. The number of carbonyl (C=O) groups excluding carboxylic acids is 1. The molecule has 1 aliphatic heterocycles. The number of pyridine rings is 2. The Labute approximate surface area is 244 Å². The first-order chi connectivity index (χ1) is 19.9. The summed E-state index contributed by atoms with van der Waals surface area (Å²) in [6, 6.07) is 14.7. The van der Waals surface area contributed by atoms with Crippen molar-refractivity contribution in [2.24, 2.45) is 5.92 Å². The number of carbonyl (C=O) groups is 1. The molecule has 4 aromatic rings. The molecule has 2 aliphatic rings. The Morgan fingerprint density at radius 2 is 1.83 bits per heavy atom. The zero-order valence-corrected chi connectivity index (χ0v) is 24.6. The number of sulfonamides is 1. The zero-order valence-electron chi connectivity index (χ0n) is 23.0. The maximum Gasteiger partial charge on any atom is 0.243 e. The van der Waals surface area contributed by atoms with Crippen LogP contribution in [0.3, 0.4) is 0 Å². The molecule has 3 aromatic heterocycles. The van der Waals surface area contributed by atoms with Crippen LogP contribution in [0.25, 0.3) is 21.6 Å². The van der Waals surface area contributed by atoms with E-state index in [1.165, 1.54) is 28.5 Å². The van der Waals surface area contributed by atoms with Crippen molar-refractivity contribution in [2.75, 3.05) is 25.0 Å². The third-order valence-electron chi connectivity index (χ3n) is 8.07. The Morgan fingerprint density at radius 3 is 2.56 bits per heavy atom. The highest BCUT2D eigenvalue weighted by Gasteiger charge is 2.30. The van der Waals surface area contributed by atoms with Crippen LogP contribution in [0.15, 0.2) is 65.8 Å². The van der Waals surface area contributed by atoms with Gasteiger partial charge in [0, 0.05) is 43.6 Å². The first kappa shape index (κ1) is 27.9. The van der Waals surface area contributed by atoms with Crippen molar-refractivity contribution < 1.29 is 13.2 Å². The summed E-state index contributed by atoms with van der Waals surface area (Å²) in [6.07, 6.45) is 8.78. The topological polar surface area (TPSA) is 117 Å². The van der Waals surface area contributed by atoms with Crippen LogP contribution in [-0.2, 0) is 14.8 Å². The fourth-order valence-electron chi connectivity index (χ4n) is 5.86. The lowest BCUT2D eigenvalue weighted by atomic mass is 9.87. The van der Waals surface area contributed by atoms with E-state index in [0.29, 0.717) is 30.7 Å². The minimum atomic E-state index is -3.59. The number of thiazole rings is 1. The molecule has 11 heteroatoms. The van der Waals surface area contributed by atoms with Gasteiger partial charge in [0.1, 0.15) is 10.3 Å². The molecule has 2 N–H and O–H groups in total. The normalized spacial score (nSPS) is 19.4. The SMILES string of the molecule is C[C@H]1CN(S(=O)(=O)c2ccc([C@@H](CC3CCCC3)C(=O)Nc3nc4ccc(-c5ccncc5)nc4s3)cc2)CCN1. The Hall–Kier alpha value is -3.25. The fraction of sp³-hybridized carbons (Fsp3) is 0.400. The predicted octanol–water partition coefficient (Wildman–Crippen LogP) is 5.04. The maximum absolute atomic E-state index is 13.7. The van der Waals surface area contributed by atoms with Crippen LogP contribution in [-0.4, -0.2) is 59.3 Å². The first-order valence-corrected chi connectivity index (χ1v) is 16.4. The summed E-state index contributed by atoms with van der Waals surface area (Å²) in [5, 5.41) is 6.84. The minimum Gasteiger partial charge on any atom is -0.312 e. The molecule has 0 spiro atoms. The number of fused-ring (bicyclic) bond motifs is 1. The van der Waals surface area contributed by atoms with Gasteiger partial charge < -0.3 is 10.6 Å². The number of nitrogens with one attached hydrogen (secondary N) is 2. The third kappa shape index (κ3) is 6.18. The van der Waals surface area contributed by atoms with Crippen LogP contribution in [0.5, 0.6) is 0 Å². The molecule has 0 bridgehead atoms. The summed E-state index contributed by atoms with van der Waals surface area (Å²) in [6.45, 7) is 3.51. The van der Waals surface area contributed by atoms with Crippen molar-refractivity contribution in [1.82, 2.24) is 24.6 Å². The standard InChI is InChI=1S/C30H34N6O3S2/c1-20-19-36(17-16-32-20)41(38,39)24-8-6-22(7-9-24)25(18-21-4-2-3-5-21)28(37)35-30-34-27-11-10-26(33-29(27)40-30)23-12-14-31-15-13-23/h6-15,20-21,25,32H,2-5,16-19H2,1H3,(H,34,35,37)/t20-,25+/m0/s1. The maximum atomic E-state index is 13.7. The molecule has 2 fully saturated rings. The molecular weight excluding hydrogens is 557 g/mol. The number of rotatable bonds is 8. The number of aromatic nitrogens is 3. The van der Waals surface area contributed by atoms with Crippen LogP contribution >= 0.6 is 11.3 Å². The van der Waals surface area contributed by atoms with Gasteiger partial charge in [0.25, 0.3) is 0 Å². The van der Waals surface area contributed by atoms with Gasteiger partial charge in [0.15, 0.2) is 5.13 Å². The van der Waals surface area contributed by atoms with E-state index < -0.39 is 15.9 Å². The predicted molar refractivity (Wildman–Crippen MR) is 161 cm³/mol. The highest BCUT2D eigenvalue weighted by molar-refractivity contribution is 7.89. The molecule has 0 radical (unpaired) electrons. The van der Waals surface area contributed by atoms with E-state index in [-0.39, 0.29) is 16.8 Å². The second-order valence-electron chi connectivity index (χ2n) is 11.0. The summed E-state index contributed by atoms with van der Waals surface area (Å²) >= 11 is 1.35. The van der Waals surface area contributed by atoms with Crippen molar-refractivity contribution in [3.63, 3.8) is 0 Å². The molecule has 1 saturated carbocycles. The molecule has 4 heterocycles. The van der Waals surface area contributed by atoms with E-state index >= 15 is 0 Å². The van der Waals surface area contributed by atoms with E-state index in [1.54, 1.807) is 36.7 Å². The average molecular weight is 591 g/mol. The minimum absolute atomic E-state index is 0.109.